The standard InChI is InChI=1S/C16H22N2O2/c1-3-13-16(20)18(14(4-2)15(19)17-13)11-10-12-8-6-5-7-9-12/h5-9,13-14H,3-4,10-11H2,1-2H3,(H,17,19). The van der Waals surface area contributed by atoms with Gasteiger partial charge in [0.25, 0.3) is 0 Å². The van der Waals surface area contributed by atoms with Crippen LogP contribution in [0.2, 0.25) is 0 Å². The zero-order valence-corrected chi connectivity index (χ0v) is 12.1. The van der Waals surface area contributed by atoms with Crippen molar-refractivity contribution >= 4 is 11.8 Å². The summed E-state index contributed by atoms with van der Waals surface area (Å²) in [6.45, 7) is 4.47. The van der Waals surface area contributed by atoms with E-state index in [0.717, 1.165) is 6.42 Å². The summed E-state index contributed by atoms with van der Waals surface area (Å²) >= 11 is 0. The van der Waals surface area contributed by atoms with Crippen LogP contribution >= 0.6 is 0 Å². The highest BCUT2D eigenvalue weighted by Gasteiger charge is 2.38. The van der Waals surface area contributed by atoms with Gasteiger partial charge in [-0.15, -0.1) is 0 Å². The highest BCUT2D eigenvalue weighted by molar-refractivity contribution is 5.96. The molecule has 1 heterocycles. The second kappa shape index (κ2) is 6.55. The van der Waals surface area contributed by atoms with E-state index in [1.165, 1.54) is 5.56 Å². The number of rotatable bonds is 5. The van der Waals surface area contributed by atoms with Crippen LogP contribution in [0.1, 0.15) is 32.3 Å². The van der Waals surface area contributed by atoms with Gasteiger partial charge in [0.15, 0.2) is 0 Å². The topological polar surface area (TPSA) is 49.4 Å². The van der Waals surface area contributed by atoms with E-state index in [0.29, 0.717) is 19.4 Å². The molecule has 1 aliphatic rings. The van der Waals surface area contributed by atoms with E-state index in [4.69, 9.17) is 0 Å². The highest BCUT2D eigenvalue weighted by atomic mass is 16.2. The fourth-order valence-corrected chi connectivity index (χ4v) is 2.67. The molecule has 4 nitrogen and oxygen atoms in total. The number of hydrogen-bond donors (Lipinski definition) is 1. The van der Waals surface area contributed by atoms with Crippen molar-refractivity contribution in [2.45, 2.75) is 45.2 Å². The molecule has 0 spiro atoms. The van der Waals surface area contributed by atoms with Crippen molar-refractivity contribution < 1.29 is 9.59 Å². The van der Waals surface area contributed by atoms with Crippen LogP contribution in [0.3, 0.4) is 0 Å². The Labute approximate surface area is 120 Å². The Kier molecular flexibility index (Phi) is 4.77. The molecule has 2 atom stereocenters. The maximum Gasteiger partial charge on any atom is 0.245 e. The molecular weight excluding hydrogens is 252 g/mol. The fraction of sp³-hybridized carbons (Fsp3) is 0.500. The molecule has 2 rings (SSSR count). The van der Waals surface area contributed by atoms with Crippen molar-refractivity contribution in [1.29, 1.82) is 0 Å². The van der Waals surface area contributed by atoms with Gasteiger partial charge in [-0.05, 0) is 24.8 Å². The van der Waals surface area contributed by atoms with Gasteiger partial charge < -0.3 is 10.2 Å². The van der Waals surface area contributed by atoms with Gasteiger partial charge in [0.2, 0.25) is 11.8 Å². The third-order valence-electron chi connectivity index (χ3n) is 3.86. The Hall–Kier alpha value is -1.84. The minimum Gasteiger partial charge on any atom is -0.343 e. The second-order valence-corrected chi connectivity index (χ2v) is 5.16. The average Bonchev–Trinajstić information content (AvgIpc) is 2.48. The minimum absolute atomic E-state index is 0.0213. The number of hydrogen-bond acceptors (Lipinski definition) is 2. The molecule has 0 aliphatic carbocycles. The van der Waals surface area contributed by atoms with Gasteiger partial charge >= 0.3 is 0 Å². The van der Waals surface area contributed by atoms with Crippen LogP contribution in [0.25, 0.3) is 0 Å². The van der Waals surface area contributed by atoms with Crippen LogP contribution < -0.4 is 5.32 Å². The number of piperazine rings is 1. The molecule has 1 saturated heterocycles. The summed E-state index contributed by atoms with van der Waals surface area (Å²) in [6.07, 6.45) is 2.08. The molecule has 2 amide bonds. The van der Waals surface area contributed by atoms with Gasteiger partial charge in [0.1, 0.15) is 12.1 Å². The molecule has 0 aromatic heterocycles. The molecule has 0 saturated carbocycles. The summed E-state index contributed by atoms with van der Waals surface area (Å²) in [5.41, 5.74) is 1.19. The predicted octanol–water partition coefficient (Wildman–Crippen LogP) is 1.74. The molecular formula is C16H22N2O2. The third-order valence-corrected chi connectivity index (χ3v) is 3.86. The Morgan fingerprint density at radius 3 is 2.40 bits per heavy atom. The highest BCUT2D eigenvalue weighted by Crippen LogP contribution is 2.15. The smallest absolute Gasteiger partial charge is 0.245 e. The molecule has 4 heteroatoms. The van der Waals surface area contributed by atoms with Gasteiger partial charge in [-0.25, -0.2) is 0 Å². The number of benzene rings is 1. The number of nitrogens with zero attached hydrogens (tertiary/aromatic N) is 1. The maximum absolute atomic E-state index is 12.4. The van der Waals surface area contributed by atoms with Gasteiger partial charge in [-0.2, -0.15) is 0 Å². The molecule has 1 aliphatic heterocycles. The van der Waals surface area contributed by atoms with Gasteiger partial charge in [-0.3, -0.25) is 9.59 Å². The first kappa shape index (κ1) is 14.6. The Morgan fingerprint density at radius 2 is 1.80 bits per heavy atom. The Bertz CT molecular complexity index is 473. The van der Waals surface area contributed by atoms with E-state index in [1.54, 1.807) is 4.90 Å². The molecule has 1 N–H and O–H groups in total. The second-order valence-electron chi connectivity index (χ2n) is 5.16. The van der Waals surface area contributed by atoms with Crippen LogP contribution in [0, 0.1) is 0 Å². The van der Waals surface area contributed by atoms with Crippen molar-refractivity contribution in [3.05, 3.63) is 35.9 Å². The Balaban J connectivity index is 2.08. The van der Waals surface area contributed by atoms with E-state index in [1.807, 2.05) is 44.2 Å². The van der Waals surface area contributed by atoms with Gasteiger partial charge in [0, 0.05) is 6.54 Å². The molecule has 2 unspecified atom stereocenters. The van der Waals surface area contributed by atoms with E-state index in [9.17, 15) is 9.59 Å². The lowest BCUT2D eigenvalue weighted by Gasteiger charge is -2.38. The van der Waals surface area contributed by atoms with Crippen molar-refractivity contribution in [3.63, 3.8) is 0 Å². The van der Waals surface area contributed by atoms with Gasteiger partial charge in [-0.1, -0.05) is 44.2 Å². The lowest BCUT2D eigenvalue weighted by molar-refractivity contribution is -0.149. The van der Waals surface area contributed by atoms with E-state index < -0.39 is 0 Å². The largest absolute Gasteiger partial charge is 0.343 e. The zero-order chi connectivity index (χ0) is 14.5. The van der Waals surface area contributed by atoms with Crippen molar-refractivity contribution in [2.24, 2.45) is 0 Å². The van der Waals surface area contributed by atoms with Crippen molar-refractivity contribution in [3.8, 4) is 0 Å². The molecule has 1 fully saturated rings. The molecule has 108 valence electrons. The summed E-state index contributed by atoms with van der Waals surface area (Å²) in [7, 11) is 0. The third kappa shape index (κ3) is 3.00. The SMILES string of the molecule is CCC1NC(=O)C(CC)N(CCc2ccccc2)C1=O. The van der Waals surface area contributed by atoms with Crippen LogP contribution in [0.5, 0.6) is 0 Å². The molecule has 20 heavy (non-hydrogen) atoms. The Morgan fingerprint density at radius 1 is 1.10 bits per heavy atom. The summed E-state index contributed by atoms with van der Waals surface area (Å²) < 4.78 is 0. The lowest BCUT2D eigenvalue weighted by Crippen LogP contribution is -2.63. The number of carbonyl (C=O) groups is 2. The summed E-state index contributed by atoms with van der Waals surface area (Å²) in [4.78, 5) is 26.2. The van der Waals surface area contributed by atoms with Crippen LogP contribution in [0.4, 0.5) is 0 Å². The lowest BCUT2D eigenvalue weighted by atomic mass is 10.0. The summed E-state index contributed by atoms with van der Waals surface area (Å²) in [6, 6.07) is 9.37. The number of amides is 2. The first-order valence-corrected chi connectivity index (χ1v) is 7.32. The van der Waals surface area contributed by atoms with Crippen LogP contribution in [0.15, 0.2) is 30.3 Å². The molecule has 0 bridgehead atoms. The van der Waals surface area contributed by atoms with E-state index in [-0.39, 0.29) is 23.9 Å². The monoisotopic (exact) mass is 274 g/mol. The summed E-state index contributed by atoms with van der Waals surface area (Å²) in [5, 5.41) is 2.81. The summed E-state index contributed by atoms with van der Waals surface area (Å²) in [5.74, 6) is 0.0295. The predicted molar refractivity (Wildman–Crippen MR) is 78.2 cm³/mol. The van der Waals surface area contributed by atoms with E-state index >= 15 is 0 Å². The van der Waals surface area contributed by atoms with Crippen molar-refractivity contribution in [1.82, 2.24) is 10.2 Å². The molecule has 0 radical (unpaired) electrons. The minimum atomic E-state index is -0.360. The zero-order valence-electron chi connectivity index (χ0n) is 12.1. The number of carbonyl (C=O) groups excluding carboxylic acids is 2. The average molecular weight is 274 g/mol. The fourth-order valence-electron chi connectivity index (χ4n) is 2.67. The number of nitrogens with one attached hydrogen (secondary N) is 1. The normalized spacial score (nSPS) is 22.8. The molecule has 1 aromatic rings. The molecule has 1 aromatic carbocycles. The van der Waals surface area contributed by atoms with Crippen LogP contribution in [-0.4, -0.2) is 35.3 Å². The van der Waals surface area contributed by atoms with E-state index in [2.05, 4.69) is 5.32 Å². The quantitative estimate of drug-likeness (QED) is 0.889. The van der Waals surface area contributed by atoms with Gasteiger partial charge in [0.05, 0.1) is 0 Å². The van der Waals surface area contributed by atoms with Crippen LogP contribution in [-0.2, 0) is 16.0 Å². The maximum atomic E-state index is 12.4. The first-order chi connectivity index (χ1) is 9.67. The first-order valence-electron chi connectivity index (χ1n) is 7.32. The van der Waals surface area contributed by atoms with Crippen molar-refractivity contribution in [2.75, 3.05) is 6.54 Å².